The number of ether oxygens (including phenoxy) is 2. The fraction of sp³-hybridized carbons (Fsp3) is 0.350. The van der Waals surface area contributed by atoms with Crippen molar-refractivity contribution in [1.82, 2.24) is 9.80 Å². The molecule has 1 aliphatic rings. The summed E-state index contributed by atoms with van der Waals surface area (Å²) in [5.41, 5.74) is 1.68. The highest BCUT2D eigenvalue weighted by Gasteiger charge is 2.22. The van der Waals surface area contributed by atoms with Crippen molar-refractivity contribution >= 4 is 11.7 Å². The Labute approximate surface area is 158 Å². The molecule has 144 valence electrons. The molecule has 6 nitrogen and oxygen atoms in total. The van der Waals surface area contributed by atoms with Gasteiger partial charge in [0, 0.05) is 38.8 Å². The molecule has 2 aromatic carbocycles. The van der Waals surface area contributed by atoms with Crippen LogP contribution >= 0.6 is 0 Å². The van der Waals surface area contributed by atoms with Crippen LogP contribution in [0.25, 0.3) is 0 Å². The first-order chi connectivity index (χ1) is 13.1. The Bertz CT molecular complexity index is 775. The number of nitrogens with zero attached hydrogens (tertiary/aromatic N) is 2. The van der Waals surface area contributed by atoms with Gasteiger partial charge in [-0.15, -0.1) is 0 Å². The van der Waals surface area contributed by atoms with Crippen molar-refractivity contribution < 1.29 is 18.7 Å². The van der Waals surface area contributed by atoms with Crippen LogP contribution in [0.3, 0.4) is 0 Å². The summed E-state index contributed by atoms with van der Waals surface area (Å²) >= 11 is 0. The molecule has 1 heterocycles. The summed E-state index contributed by atoms with van der Waals surface area (Å²) in [6.07, 6.45) is 0. The van der Waals surface area contributed by atoms with Crippen LogP contribution in [0.2, 0.25) is 0 Å². The third kappa shape index (κ3) is 4.89. The minimum absolute atomic E-state index is 0.153. The normalized spacial score (nSPS) is 14.7. The number of carbonyl (C=O) groups is 1. The van der Waals surface area contributed by atoms with Gasteiger partial charge in [-0.3, -0.25) is 4.90 Å². The van der Waals surface area contributed by atoms with E-state index in [4.69, 9.17) is 9.47 Å². The van der Waals surface area contributed by atoms with Gasteiger partial charge in [0.2, 0.25) is 0 Å². The van der Waals surface area contributed by atoms with E-state index in [-0.39, 0.29) is 11.8 Å². The van der Waals surface area contributed by atoms with Gasteiger partial charge in [-0.1, -0.05) is 12.1 Å². The van der Waals surface area contributed by atoms with Crippen molar-refractivity contribution in [2.45, 2.75) is 6.54 Å². The summed E-state index contributed by atoms with van der Waals surface area (Å²) in [4.78, 5) is 16.6. The smallest absolute Gasteiger partial charge is 0.322 e. The van der Waals surface area contributed by atoms with E-state index in [1.165, 1.54) is 12.1 Å². The second-order valence-electron chi connectivity index (χ2n) is 6.39. The van der Waals surface area contributed by atoms with Crippen LogP contribution in [0.15, 0.2) is 42.5 Å². The molecule has 1 N–H and O–H groups in total. The minimum Gasteiger partial charge on any atom is -0.497 e. The summed E-state index contributed by atoms with van der Waals surface area (Å²) in [5.74, 6) is 0.992. The average molecular weight is 373 g/mol. The van der Waals surface area contributed by atoms with Gasteiger partial charge in [-0.25, -0.2) is 9.18 Å². The van der Waals surface area contributed by atoms with Crippen LogP contribution in [0.5, 0.6) is 11.5 Å². The molecular formula is C20H24FN3O3. The van der Waals surface area contributed by atoms with Gasteiger partial charge in [-0.2, -0.15) is 0 Å². The van der Waals surface area contributed by atoms with Crippen LogP contribution in [-0.2, 0) is 6.54 Å². The summed E-state index contributed by atoms with van der Waals surface area (Å²) in [7, 11) is 3.14. The Morgan fingerprint density at radius 3 is 2.37 bits per heavy atom. The first-order valence-corrected chi connectivity index (χ1v) is 8.84. The van der Waals surface area contributed by atoms with Gasteiger partial charge < -0.3 is 19.7 Å². The van der Waals surface area contributed by atoms with Crippen molar-refractivity contribution in [3.63, 3.8) is 0 Å². The highest BCUT2D eigenvalue weighted by Crippen LogP contribution is 2.29. The lowest BCUT2D eigenvalue weighted by molar-refractivity contribution is 0.143. The third-order valence-electron chi connectivity index (χ3n) is 4.63. The zero-order chi connectivity index (χ0) is 19.2. The lowest BCUT2D eigenvalue weighted by Crippen LogP contribution is -2.49. The molecule has 0 aromatic heterocycles. The van der Waals surface area contributed by atoms with E-state index in [0.717, 1.165) is 25.2 Å². The van der Waals surface area contributed by atoms with Gasteiger partial charge in [0.15, 0.2) is 0 Å². The topological polar surface area (TPSA) is 54.0 Å². The second kappa shape index (κ2) is 8.73. The molecule has 0 radical (unpaired) electrons. The quantitative estimate of drug-likeness (QED) is 0.875. The molecule has 0 unspecified atom stereocenters. The monoisotopic (exact) mass is 373 g/mol. The van der Waals surface area contributed by atoms with Crippen molar-refractivity contribution in [2.24, 2.45) is 0 Å². The van der Waals surface area contributed by atoms with E-state index in [0.29, 0.717) is 30.3 Å². The lowest BCUT2D eigenvalue weighted by Gasteiger charge is -2.34. The molecule has 1 fully saturated rings. The first kappa shape index (κ1) is 19.0. The number of urea groups is 1. The summed E-state index contributed by atoms with van der Waals surface area (Å²) in [5, 5.41) is 2.90. The predicted octanol–water partition coefficient (Wildman–Crippen LogP) is 3.19. The summed E-state index contributed by atoms with van der Waals surface area (Å²) in [6.45, 7) is 3.55. The summed E-state index contributed by atoms with van der Waals surface area (Å²) < 4.78 is 23.5. The number of nitrogens with one attached hydrogen (secondary N) is 1. The van der Waals surface area contributed by atoms with Crippen LogP contribution in [0.1, 0.15) is 5.56 Å². The first-order valence-electron chi connectivity index (χ1n) is 8.84. The largest absolute Gasteiger partial charge is 0.497 e. The van der Waals surface area contributed by atoms with Crippen molar-refractivity contribution in [3.05, 3.63) is 53.8 Å². The molecule has 3 rings (SSSR count). The molecule has 27 heavy (non-hydrogen) atoms. The molecule has 1 aliphatic heterocycles. The standard InChI is InChI=1S/C20H24FN3O3/c1-26-17-7-8-18(19(13-17)27-2)22-20(25)24-11-9-23(10-12-24)14-15-3-5-16(21)6-4-15/h3-8,13H,9-12,14H2,1-2H3,(H,22,25). The van der Waals surface area contributed by atoms with E-state index < -0.39 is 0 Å². The van der Waals surface area contributed by atoms with Gasteiger partial charge in [0.1, 0.15) is 17.3 Å². The number of piperazine rings is 1. The second-order valence-corrected chi connectivity index (χ2v) is 6.39. The number of rotatable bonds is 5. The molecule has 0 saturated carbocycles. The molecule has 1 saturated heterocycles. The third-order valence-corrected chi connectivity index (χ3v) is 4.63. The van der Waals surface area contributed by atoms with Crippen LogP contribution in [0, 0.1) is 5.82 Å². The average Bonchev–Trinajstić information content (AvgIpc) is 2.70. The van der Waals surface area contributed by atoms with Crippen molar-refractivity contribution in [3.8, 4) is 11.5 Å². The molecule has 2 aromatic rings. The van der Waals surface area contributed by atoms with Crippen LogP contribution < -0.4 is 14.8 Å². The number of hydrogen-bond acceptors (Lipinski definition) is 4. The van der Waals surface area contributed by atoms with Gasteiger partial charge in [0.25, 0.3) is 0 Å². The van der Waals surface area contributed by atoms with E-state index in [1.807, 2.05) is 0 Å². The van der Waals surface area contributed by atoms with Crippen LogP contribution in [-0.4, -0.2) is 56.2 Å². The van der Waals surface area contributed by atoms with Crippen molar-refractivity contribution in [1.29, 1.82) is 0 Å². The fourth-order valence-electron chi connectivity index (χ4n) is 3.05. The highest BCUT2D eigenvalue weighted by atomic mass is 19.1. The molecule has 7 heteroatoms. The Morgan fingerprint density at radius 2 is 1.74 bits per heavy atom. The lowest BCUT2D eigenvalue weighted by atomic mass is 10.2. The SMILES string of the molecule is COc1ccc(NC(=O)N2CCN(Cc3ccc(F)cc3)CC2)c(OC)c1. The molecule has 0 aliphatic carbocycles. The number of carbonyl (C=O) groups excluding carboxylic acids is 1. The maximum Gasteiger partial charge on any atom is 0.322 e. The van der Waals surface area contributed by atoms with Crippen molar-refractivity contribution in [2.75, 3.05) is 45.7 Å². The van der Waals surface area contributed by atoms with Gasteiger partial charge in [-0.05, 0) is 29.8 Å². The van der Waals surface area contributed by atoms with Gasteiger partial charge in [0.05, 0.1) is 19.9 Å². The molecule has 0 atom stereocenters. The van der Waals surface area contributed by atoms with E-state index >= 15 is 0 Å². The van der Waals surface area contributed by atoms with Gasteiger partial charge >= 0.3 is 6.03 Å². The maximum atomic E-state index is 13.0. The Hall–Kier alpha value is -2.80. The predicted molar refractivity (Wildman–Crippen MR) is 102 cm³/mol. The van der Waals surface area contributed by atoms with Crippen LogP contribution in [0.4, 0.5) is 14.9 Å². The molecule has 2 amide bonds. The zero-order valence-electron chi connectivity index (χ0n) is 15.6. The maximum absolute atomic E-state index is 13.0. The Morgan fingerprint density at radius 1 is 1.04 bits per heavy atom. The fourth-order valence-corrected chi connectivity index (χ4v) is 3.05. The number of halogens is 1. The number of methoxy groups -OCH3 is 2. The van der Waals surface area contributed by atoms with E-state index in [9.17, 15) is 9.18 Å². The molecule has 0 spiro atoms. The zero-order valence-corrected chi connectivity index (χ0v) is 15.6. The number of anilines is 1. The molecular weight excluding hydrogens is 349 g/mol. The number of benzene rings is 2. The van der Waals surface area contributed by atoms with E-state index in [2.05, 4.69) is 10.2 Å². The molecule has 0 bridgehead atoms. The number of amides is 2. The highest BCUT2D eigenvalue weighted by molar-refractivity contribution is 5.91. The Balaban J connectivity index is 1.53. The Kier molecular flexibility index (Phi) is 6.13. The number of hydrogen-bond donors (Lipinski definition) is 1. The van der Waals surface area contributed by atoms with E-state index in [1.54, 1.807) is 49.5 Å². The minimum atomic E-state index is -0.228. The summed E-state index contributed by atoms with van der Waals surface area (Å²) in [6, 6.07) is 11.7.